The lowest BCUT2D eigenvalue weighted by atomic mass is 10.1. The fourth-order valence-electron chi connectivity index (χ4n) is 2.74. The fourth-order valence-corrected chi connectivity index (χ4v) is 2.74. The van der Waals surface area contributed by atoms with E-state index in [0.29, 0.717) is 56.3 Å². The van der Waals surface area contributed by atoms with Crippen molar-refractivity contribution in [2.45, 2.75) is 0 Å². The van der Waals surface area contributed by atoms with Crippen molar-refractivity contribution in [2.24, 2.45) is 0 Å². The molecule has 0 aliphatic carbocycles. The summed E-state index contributed by atoms with van der Waals surface area (Å²) in [5.41, 5.74) is 0.729. The fraction of sp³-hybridized carbons (Fsp3) is 0.350. The van der Waals surface area contributed by atoms with E-state index in [1.54, 1.807) is 42.3 Å². The maximum atomic E-state index is 12.5. The van der Waals surface area contributed by atoms with Gasteiger partial charge in [-0.05, 0) is 30.3 Å². The molecule has 1 aliphatic rings. The maximum absolute atomic E-state index is 12.5. The number of amides is 2. The Labute approximate surface area is 163 Å². The number of nitrogens with one attached hydrogen (secondary N) is 1. The van der Waals surface area contributed by atoms with E-state index < -0.39 is 0 Å². The molecule has 0 unspecified atom stereocenters. The van der Waals surface area contributed by atoms with E-state index in [0.717, 1.165) is 5.75 Å². The Kier molecular flexibility index (Phi) is 6.80. The Morgan fingerprint density at radius 3 is 2.50 bits per heavy atom. The van der Waals surface area contributed by atoms with Crippen molar-refractivity contribution in [1.82, 2.24) is 15.2 Å². The first-order valence-corrected chi connectivity index (χ1v) is 9.04. The summed E-state index contributed by atoms with van der Waals surface area (Å²) in [6, 6.07) is 8.76. The van der Waals surface area contributed by atoms with E-state index in [-0.39, 0.29) is 11.8 Å². The molecule has 1 aromatic heterocycles. The summed E-state index contributed by atoms with van der Waals surface area (Å²) in [4.78, 5) is 30.6. The van der Waals surface area contributed by atoms with Gasteiger partial charge in [-0.25, -0.2) is 0 Å². The van der Waals surface area contributed by atoms with Crippen LogP contribution in [0.2, 0.25) is 0 Å². The van der Waals surface area contributed by atoms with Crippen LogP contribution in [0.15, 0.2) is 42.7 Å². The summed E-state index contributed by atoms with van der Waals surface area (Å²) in [5, 5.41) is 2.76. The zero-order valence-corrected chi connectivity index (χ0v) is 15.7. The van der Waals surface area contributed by atoms with Crippen LogP contribution in [0.3, 0.4) is 0 Å². The van der Waals surface area contributed by atoms with Crippen LogP contribution < -0.4 is 14.8 Å². The Hall–Kier alpha value is -3.13. The van der Waals surface area contributed by atoms with Gasteiger partial charge in [0, 0.05) is 25.5 Å². The molecule has 2 heterocycles. The number of methoxy groups -OCH3 is 1. The second-order valence-corrected chi connectivity index (χ2v) is 6.15. The highest BCUT2D eigenvalue weighted by Crippen LogP contribution is 2.16. The van der Waals surface area contributed by atoms with E-state index in [1.165, 1.54) is 12.4 Å². The van der Waals surface area contributed by atoms with Crippen LogP contribution in [0.5, 0.6) is 11.5 Å². The van der Waals surface area contributed by atoms with Crippen molar-refractivity contribution in [1.29, 1.82) is 0 Å². The van der Waals surface area contributed by atoms with Crippen LogP contribution in [-0.4, -0.2) is 68.3 Å². The lowest BCUT2D eigenvalue weighted by Gasteiger charge is -2.26. The van der Waals surface area contributed by atoms with Crippen molar-refractivity contribution in [3.8, 4) is 11.5 Å². The van der Waals surface area contributed by atoms with Gasteiger partial charge in [0.15, 0.2) is 0 Å². The molecule has 148 valence electrons. The van der Waals surface area contributed by atoms with Crippen LogP contribution >= 0.6 is 0 Å². The molecule has 0 saturated carbocycles. The molecule has 1 N–H and O–H groups in total. The molecule has 1 aromatic carbocycles. The Balaban J connectivity index is 1.49. The predicted octanol–water partition coefficient (Wildman–Crippen LogP) is 1.37. The Morgan fingerprint density at radius 1 is 1.11 bits per heavy atom. The van der Waals surface area contributed by atoms with Gasteiger partial charge < -0.3 is 24.4 Å². The summed E-state index contributed by atoms with van der Waals surface area (Å²) in [6.45, 7) is 2.77. The third kappa shape index (κ3) is 5.20. The van der Waals surface area contributed by atoms with Gasteiger partial charge in [0.1, 0.15) is 18.1 Å². The van der Waals surface area contributed by atoms with Gasteiger partial charge in [0.25, 0.3) is 11.8 Å². The lowest BCUT2D eigenvalue weighted by molar-refractivity contribution is 0.0302. The molecular formula is C20H23N3O5. The molecule has 0 radical (unpaired) electrons. The third-order valence-electron chi connectivity index (χ3n) is 4.26. The minimum Gasteiger partial charge on any atom is -0.497 e. The number of pyridine rings is 1. The summed E-state index contributed by atoms with van der Waals surface area (Å²) < 4.78 is 15.9. The lowest BCUT2D eigenvalue weighted by Crippen LogP contribution is -2.40. The van der Waals surface area contributed by atoms with Gasteiger partial charge in [-0.3, -0.25) is 14.6 Å². The third-order valence-corrected chi connectivity index (χ3v) is 4.26. The number of ether oxygens (including phenoxy) is 3. The van der Waals surface area contributed by atoms with E-state index in [2.05, 4.69) is 10.3 Å². The van der Waals surface area contributed by atoms with Crippen molar-refractivity contribution in [2.75, 3.05) is 46.6 Å². The molecule has 0 bridgehead atoms. The van der Waals surface area contributed by atoms with E-state index in [4.69, 9.17) is 14.2 Å². The largest absolute Gasteiger partial charge is 0.497 e. The monoisotopic (exact) mass is 385 g/mol. The Morgan fingerprint density at radius 2 is 1.79 bits per heavy atom. The molecule has 3 rings (SSSR count). The summed E-state index contributed by atoms with van der Waals surface area (Å²) in [6.07, 6.45) is 2.91. The second-order valence-electron chi connectivity index (χ2n) is 6.15. The first-order chi connectivity index (χ1) is 13.7. The number of hydrogen-bond donors (Lipinski definition) is 1. The zero-order chi connectivity index (χ0) is 19.8. The van der Waals surface area contributed by atoms with Gasteiger partial charge in [0.2, 0.25) is 0 Å². The highest BCUT2D eigenvalue weighted by molar-refractivity contribution is 5.99. The number of carbonyl (C=O) groups excluding carboxylic acids is 2. The Bertz CT molecular complexity index is 804. The maximum Gasteiger partial charge on any atom is 0.255 e. The molecule has 0 spiro atoms. The van der Waals surface area contributed by atoms with Gasteiger partial charge in [-0.15, -0.1) is 0 Å². The molecule has 8 nitrogen and oxygen atoms in total. The second kappa shape index (κ2) is 9.70. The number of aromatic nitrogens is 1. The summed E-state index contributed by atoms with van der Waals surface area (Å²) in [7, 11) is 1.60. The van der Waals surface area contributed by atoms with Gasteiger partial charge >= 0.3 is 0 Å². The number of hydrogen-bond acceptors (Lipinski definition) is 6. The normalized spacial score (nSPS) is 13.7. The first kappa shape index (κ1) is 19.6. The molecule has 28 heavy (non-hydrogen) atoms. The molecule has 1 saturated heterocycles. The summed E-state index contributed by atoms with van der Waals surface area (Å²) in [5.74, 6) is 0.991. The van der Waals surface area contributed by atoms with Crippen molar-refractivity contribution in [3.05, 3.63) is 53.9 Å². The van der Waals surface area contributed by atoms with Gasteiger partial charge in [0.05, 0.1) is 38.0 Å². The highest BCUT2D eigenvalue weighted by atomic mass is 16.5. The van der Waals surface area contributed by atoms with Crippen LogP contribution in [0.4, 0.5) is 0 Å². The van der Waals surface area contributed by atoms with Crippen LogP contribution in [-0.2, 0) is 4.74 Å². The average Bonchev–Trinajstić information content (AvgIpc) is 2.77. The van der Waals surface area contributed by atoms with Gasteiger partial charge in [-0.2, -0.15) is 0 Å². The molecule has 8 heteroatoms. The van der Waals surface area contributed by atoms with E-state index in [1.807, 2.05) is 0 Å². The molecule has 2 aromatic rings. The van der Waals surface area contributed by atoms with Gasteiger partial charge in [-0.1, -0.05) is 0 Å². The predicted molar refractivity (Wildman–Crippen MR) is 102 cm³/mol. The topological polar surface area (TPSA) is 90.0 Å². The van der Waals surface area contributed by atoms with Crippen molar-refractivity contribution >= 4 is 11.8 Å². The van der Waals surface area contributed by atoms with E-state index >= 15 is 0 Å². The molecule has 0 atom stereocenters. The number of morpholine rings is 1. The minimum atomic E-state index is -0.303. The number of rotatable bonds is 7. The zero-order valence-electron chi connectivity index (χ0n) is 15.7. The molecule has 2 amide bonds. The van der Waals surface area contributed by atoms with Crippen LogP contribution in [0.25, 0.3) is 0 Å². The highest BCUT2D eigenvalue weighted by Gasteiger charge is 2.19. The standard InChI is InChI=1S/C20H23N3O5/c1-26-17-2-4-18(5-3-17)28-9-6-22-19(24)15-12-16(14-21-13-15)20(25)23-7-10-27-11-8-23/h2-5,12-14H,6-11H2,1H3,(H,22,24). The molecular weight excluding hydrogens is 362 g/mol. The van der Waals surface area contributed by atoms with Crippen molar-refractivity contribution in [3.63, 3.8) is 0 Å². The average molecular weight is 385 g/mol. The molecule has 1 fully saturated rings. The van der Waals surface area contributed by atoms with Crippen LogP contribution in [0.1, 0.15) is 20.7 Å². The SMILES string of the molecule is COc1ccc(OCCNC(=O)c2cncc(C(=O)N3CCOCC3)c2)cc1. The number of carbonyl (C=O) groups is 2. The van der Waals surface area contributed by atoms with Crippen LogP contribution in [0, 0.1) is 0 Å². The first-order valence-electron chi connectivity index (χ1n) is 9.04. The minimum absolute atomic E-state index is 0.145. The van der Waals surface area contributed by atoms with Crippen molar-refractivity contribution < 1.29 is 23.8 Å². The quantitative estimate of drug-likeness (QED) is 0.724. The smallest absolute Gasteiger partial charge is 0.255 e. The summed E-state index contributed by atoms with van der Waals surface area (Å²) >= 11 is 0. The molecule has 1 aliphatic heterocycles. The van der Waals surface area contributed by atoms with E-state index in [9.17, 15) is 9.59 Å². The number of nitrogens with zero attached hydrogens (tertiary/aromatic N) is 2. The number of benzene rings is 1.